The van der Waals surface area contributed by atoms with Crippen LogP contribution in [0.25, 0.3) is 11.0 Å². The van der Waals surface area contributed by atoms with E-state index in [0.717, 1.165) is 11.1 Å². The Labute approximate surface area is 198 Å². The van der Waals surface area contributed by atoms with E-state index >= 15 is 0 Å². The number of carbonyl (C=O) groups is 1. The zero-order valence-corrected chi connectivity index (χ0v) is 19.6. The summed E-state index contributed by atoms with van der Waals surface area (Å²) in [5, 5.41) is 2.95. The van der Waals surface area contributed by atoms with Crippen LogP contribution in [0.1, 0.15) is 16.8 Å². The average Bonchev–Trinajstić information content (AvgIpc) is 3.44. The number of nitrogens with zero attached hydrogens (tertiary/aromatic N) is 3. The summed E-state index contributed by atoms with van der Waals surface area (Å²) < 4.78 is 31.3. The predicted molar refractivity (Wildman–Crippen MR) is 127 cm³/mol. The highest BCUT2D eigenvalue weighted by Gasteiger charge is 2.26. The molecule has 1 aliphatic heterocycles. The number of hydrogen-bond acceptors (Lipinski definition) is 7. The molecular weight excluding hydrogens is 456 g/mol. The number of fused-ring (bicyclic) bond motifs is 2. The number of para-hydroxylation sites is 1. The van der Waals surface area contributed by atoms with Gasteiger partial charge < -0.3 is 19.5 Å². The van der Waals surface area contributed by atoms with E-state index in [1.807, 2.05) is 32.0 Å². The molecule has 0 radical (unpaired) electrons. The van der Waals surface area contributed by atoms with Crippen LogP contribution in [0.15, 0.2) is 53.8 Å². The molecule has 1 unspecified atom stereocenters. The molecule has 2 aromatic carbocycles. The molecule has 0 saturated carbocycles. The van der Waals surface area contributed by atoms with Crippen molar-refractivity contribution in [2.24, 2.45) is 0 Å². The SMILES string of the molecule is COc1c(C)cnc(CS(=O)c2nc3cc4c(cc3n2C(=O)Nc2ccccc2)OCO4)c1C. The van der Waals surface area contributed by atoms with Gasteiger partial charge in [-0.1, -0.05) is 18.2 Å². The molecule has 0 bridgehead atoms. The number of aromatic nitrogens is 3. The van der Waals surface area contributed by atoms with Crippen molar-refractivity contribution in [3.8, 4) is 17.2 Å². The second-order valence-corrected chi connectivity index (χ2v) is 9.10. The van der Waals surface area contributed by atoms with Crippen LogP contribution in [0, 0.1) is 13.8 Å². The van der Waals surface area contributed by atoms with Gasteiger partial charge in [-0.15, -0.1) is 0 Å². The van der Waals surface area contributed by atoms with E-state index in [-0.39, 0.29) is 17.7 Å². The van der Waals surface area contributed by atoms with Gasteiger partial charge in [0, 0.05) is 35.1 Å². The first kappa shape index (κ1) is 21.9. The summed E-state index contributed by atoms with van der Waals surface area (Å²) in [6, 6.07) is 11.9. The molecule has 4 aromatic rings. The first-order valence-corrected chi connectivity index (χ1v) is 11.8. The fourth-order valence-electron chi connectivity index (χ4n) is 3.90. The molecule has 1 aliphatic rings. The number of amides is 1. The number of carbonyl (C=O) groups excluding carboxylic acids is 1. The van der Waals surface area contributed by atoms with E-state index in [4.69, 9.17) is 14.2 Å². The Hall–Kier alpha value is -3.92. The number of methoxy groups -OCH3 is 1. The smallest absolute Gasteiger partial charge is 0.332 e. The lowest BCUT2D eigenvalue weighted by Crippen LogP contribution is -2.22. The Morgan fingerprint density at radius 3 is 2.65 bits per heavy atom. The van der Waals surface area contributed by atoms with Crippen molar-refractivity contribution in [2.75, 3.05) is 19.2 Å². The van der Waals surface area contributed by atoms with Crippen molar-refractivity contribution >= 4 is 33.6 Å². The summed E-state index contributed by atoms with van der Waals surface area (Å²) in [7, 11) is -0.100. The number of aryl methyl sites for hydroxylation is 1. The molecular formula is C24H22N4O5S. The normalized spacial score (nSPS) is 13.1. The summed E-state index contributed by atoms with van der Waals surface area (Å²) in [4.78, 5) is 22.3. The molecule has 3 heterocycles. The van der Waals surface area contributed by atoms with E-state index in [2.05, 4.69) is 15.3 Å². The monoisotopic (exact) mass is 478 g/mol. The van der Waals surface area contributed by atoms with Crippen LogP contribution in [0.4, 0.5) is 10.5 Å². The number of anilines is 1. The molecule has 1 amide bonds. The highest BCUT2D eigenvalue weighted by atomic mass is 32.2. The Bertz CT molecular complexity index is 1430. The third kappa shape index (κ3) is 3.86. The maximum atomic E-state index is 13.6. The molecule has 1 N–H and O–H groups in total. The van der Waals surface area contributed by atoms with Crippen LogP contribution in [-0.4, -0.2) is 38.7 Å². The third-order valence-corrected chi connectivity index (χ3v) is 6.78. The summed E-state index contributed by atoms with van der Waals surface area (Å²) >= 11 is 0. The van der Waals surface area contributed by atoms with E-state index in [1.165, 1.54) is 4.57 Å². The van der Waals surface area contributed by atoms with Crippen molar-refractivity contribution in [3.63, 3.8) is 0 Å². The molecule has 0 aliphatic carbocycles. The minimum Gasteiger partial charge on any atom is -0.496 e. The summed E-state index contributed by atoms with van der Waals surface area (Å²) in [5.41, 5.74) is 3.84. The van der Waals surface area contributed by atoms with Gasteiger partial charge in [0.25, 0.3) is 0 Å². The summed E-state index contributed by atoms with van der Waals surface area (Å²) in [6.07, 6.45) is 1.68. The highest BCUT2D eigenvalue weighted by Crippen LogP contribution is 2.37. The standard InChI is InChI=1S/C24H22N4O5S/c1-14-11-25-18(15(2)22(14)31-3)12-34(30)24-27-17-9-20-21(33-13-32-20)10-19(17)28(24)23(29)26-16-7-5-4-6-8-16/h4-11H,12-13H2,1-3H3,(H,26,29). The van der Waals surface area contributed by atoms with E-state index < -0.39 is 16.8 Å². The Morgan fingerprint density at radius 2 is 1.91 bits per heavy atom. The van der Waals surface area contributed by atoms with Gasteiger partial charge in [-0.25, -0.2) is 14.3 Å². The van der Waals surface area contributed by atoms with Crippen LogP contribution in [-0.2, 0) is 16.6 Å². The molecule has 0 spiro atoms. The largest absolute Gasteiger partial charge is 0.496 e. The van der Waals surface area contributed by atoms with Gasteiger partial charge in [0.2, 0.25) is 11.9 Å². The number of imidazole rings is 1. The zero-order chi connectivity index (χ0) is 23.8. The Balaban J connectivity index is 1.58. The lowest BCUT2D eigenvalue weighted by Gasteiger charge is -2.13. The number of pyridine rings is 1. The average molecular weight is 479 g/mol. The van der Waals surface area contributed by atoms with Crippen LogP contribution in [0.5, 0.6) is 17.2 Å². The van der Waals surface area contributed by atoms with Gasteiger partial charge in [0.15, 0.2) is 11.5 Å². The molecule has 0 saturated heterocycles. The molecule has 0 fully saturated rings. The topological polar surface area (TPSA) is 105 Å². The fourth-order valence-corrected chi connectivity index (χ4v) is 5.15. The van der Waals surface area contributed by atoms with Crippen molar-refractivity contribution in [2.45, 2.75) is 24.8 Å². The second-order valence-electron chi connectivity index (χ2n) is 7.76. The van der Waals surface area contributed by atoms with Crippen LogP contribution in [0.2, 0.25) is 0 Å². The first-order chi connectivity index (χ1) is 16.5. The predicted octanol–water partition coefficient (Wildman–Crippen LogP) is 4.17. The van der Waals surface area contributed by atoms with E-state index in [9.17, 15) is 9.00 Å². The van der Waals surface area contributed by atoms with Crippen molar-refractivity contribution in [1.82, 2.24) is 14.5 Å². The number of rotatable bonds is 5. The van der Waals surface area contributed by atoms with Gasteiger partial charge in [-0.05, 0) is 26.0 Å². The molecule has 174 valence electrons. The number of nitrogens with one attached hydrogen (secondary N) is 1. The van der Waals surface area contributed by atoms with Gasteiger partial charge in [-0.3, -0.25) is 9.19 Å². The Morgan fingerprint density at radius 1 is 1.18 bits per heavy atom. The third-order valence-electron chi connectivity index (χ3n) is 5.57. The van der Waals surface area contributed by atoms with Gasteiger partial charge in [-0.2, -0.15) is 0 Å². The molecule has 34 heavy (non-hydrogen) atoms. The maximum Gasteiger partial charge on any atom is 0.332 e. The van der Waals surface area contributed by atoms with Gasteiger partial charge in [0.05, 0.1) is 40.4 Å². The molecule has 5 rings (SSSR count). The number of benzene rings is 2. The lowest BCUT2D eigenvalue weighted by atomic mass is 10.1. The molecule has 10 heteroatoms. The summed E-state index contributed by atoms with van der Waals surface area (Å²) in [5.74, 6) is 1.79. The lowest BCUT2D eigenvalue weighted by molar-refractivity contribution is 0.174. The molecule has 2 aromatic heterocycles. The quantitative estimate of drug-likeness (QED) is 0.459. The highest BCUT2D eigenvalue weighted by molar-refractivity contribution is 7.84. The zero-order valence-electron chi connectivity index (χ0n) is 18.8. The van der Waals surface area contributed by atoms with Gasteiger partial charge in [0.1, 0.15) is 5.75 Å². The van der Waals surface area contributed by atoms with Crippen LogP contribution < -0.4 is 19.5 Å². The van der Waals surface area contributed by atoms with E-state index in [0.29, 0.717) is 39.7 Å². The minimum atomic E-state index is -1.69. The molecule has 1 atom stereocenters. The first-order valence-electron chi connectivity index (χ1n) is 10.5. The van der Waals surface area contributed by atoms with Crippen LogP contribution >= 0.6 is 0 Å². The minimum absolute atomic E-state index is 0.0666. The number of hydrogen-bond donors (Lipinski definition) is 1. The van der Waals surface area contributed by atoms with Crippen LogP contribution in [0.3, 0.4) is 0 Å². The Kier molecular flexibility index (Phi) is 5.66. The summed E-state index contributed by atoms with van der Waals surface area (Å²) in [6.45, 7) is 3.86. The van der Waals surface area contributed by atoms with E-state index in [1.54, 1.807) is 37.6 Å². The van der Waals surface area contributed by atoms with Crippen molar-refractivity contribution in [1.29, 1.82) is 0 Å². The van der Waals surface area contributed by atoms with Crippen molar-refractivity contribution in [3.05, 3.63) is 65.5 Å². The van der Waals surface area contributed by atoms with Gasteiger partial charge >= 0.3 is 6.03 Å². The number of ether oxygens (including phenoxy) is 3. The second kappa shape index (κ2) is 8.79. The fraction of sp³-hybridized carbons (Fsp3) is 0.208. The molecule has 9 nitrogen and oxygen atoms in total. The van der Waals surface area contributed by atoms with Crippen molar-refractivity contribution < 1.29 is 23.2 Å². The maximum absolute atomic E-state index is 13.6.